The van der Waals surface area contributed by atoms with Gasteiger partial charge in [-0.3, -0.25) is 4.79 Å². The van der Waals surface area contributed by atoms with Gasteiger partial charge < -0.3 is 10.1 Å². The molecule has 136 valence electrons. The van der Waals surface area contributed by atoms with E-state index in [4.69, 9.17) is 10.00 Å². The van der Waals surface area contributed by atoms with Gasteiger partial charge in [0.15, 0.2) is 0 Å². The average molecular weight is 380 g/mol. The van der Waals surface area contributed by atoms with Crippen LogP contribution in [-0.2, 0) is 4.79 Å². The van der Waals surface area contributed by atoms with Crippen LogP contribution in [0.15, 0.2) is 53.7 Å². The van der Waals surface area contributed by atoms with E-state index in [0.717, 1.165) is 0 Å². The molecule has 0 radical (unpaired) electrons. The zero-order chi connectivity index (χ0) is 19.2. The molecular weight excluding hydrogens is 364 g/mol. The highest BCUT2D eigenvalue weighted by Crippen LogP contribution is 2.28. The molecule has 1 amide bonds. The Kier molecular flexibility index (Phi) is 5.68. The zero-order valence-electron chi connectivity index (χ0n) is 14.7. The molecule has 3 rings (SSSR count). The maximum absolute atomic E-state index is 12.5. The van der Waals surface area contributed by atoms with Gasteiger partial charge in [-0.2, -0.15) is 9.94 Å². The molecule has 1 N–H and O–H groups in total. The SMILES string of the molecule is COc1ccccc1-n1nnnc1SC(C)C(=O)Nc1ccc(C#N)cc1. The first-order valence-corrected chi connectivity index (χ1v) is 8.90. The van der Waals surface area contributed by atoms with E-state index in [1.807, 2.05) is 30.3 Å². The van der Waals surface area contributed by atoms with Gasteiger partial charge in [-0.15, -0.1) is 5.10 Å². The van der Waals surface area contributed by atoms with E-state index in [0.29, 0.717) is 27.8 Å². The maximum Gasteiger partial charge on any atom is 0.237 e. The number of tetrazole rings is 1. The minimum absolute atomic E-state index is 0.195. The molecule has 27 heavy (non-hydrogen) atoms. The van der Waals surface area contributed by atoms with Crippen molar-refractivity contribution in [1.29, 1.82) is 5.26 Å². The summed E-state index contributed by atoms with van der Waals surface area (Å²) in [6.07, 6.45) is 0. The first kappa shape index (κ1) is 18.4. The smallest absolute Gasteiger partial charge is 0.237 e. The molecule has 0 fully saturated rings. The third-order valence-electron chi connectivity index (χ3n) is 3.69. The Hall–Kier alpha value is -3.38. The summed E-state index contributed by atoms with van der Waals surface area (Å²) in [5.41, 5.74) is 1.84. The van der Waals surface area contributed by atoms with E-state index in [1.54, 1.807) is 38.3 Å². The number of methoxy groups -OCH3 is 1. The Morgan fingerprint density at radius 3 is 2.70 bits per heavy atom. The molecule has 0 aliphatic heterocycles. The van der Waals surface area contributed by atoms with Crippen LogP contribution in [-0.4, -0.2) is 38.5 Å². The number of nitriles is 1. The highest BCUT2D eigenvalue weighted by molar-refractivity contribution is 8.00. The summed E-state index contributed by atoms with van der Waals surface area (Å²) in [6, 6.07) is 16.1. The number of nitrogens with one attached hydrogen (secondary N) is 1. The van der Waals surface area contributed by atoms with E-state index in [9.17, 15) is 4.79 Å². The molecule has 0 aliphatic carbocycles. The largest absolute Gasteiger partial charge is 0.494 e. The lowest BCUT2D eigenvalue weighted by Gasteiger charge is -2.13. The predicted molar refractivity (Wildman–Crippen MR) is 101 cm³/mol. The molecule has 1 unspecified atom stereocenters. The number of amides is 1. The van der Waals surface area contributed by atoms with Crippen molar-refractivity contribution in [3.8, 4) is 17.5 Å². The van der Waals surface area contributed by atoms with Crippen molar-refractivity contribution in [3.63, 3.8) is 0 Å². The molecule has 8 nitrogen and oxygen atoms in total. The van der Waals surface area contributed by atoms with Gasteiger partial charge in [0.2, 0.25) is 11.1 Å². The first-order chi connectivity index (χ1) is 13.1. The molecule has 1 heterocycles. The van der Waals surface area contributed by atoms with E-state index < -0.39 is 5.25 Å². The van der Waals surface area contributed by atoms with Crippen molar-refractivity contribution in [2.45, 2.75) is 17.3 Å². The fraction of sp³-hybridized carbons (Fsp3) is 0.167. The Balaban J connectivity index is 1.73. The van der Waals surface area contributed by atoms with Crippen LogP contribution in [0.2, 0.25) is 0 Å². The second kappa shape index (κ2) is 8.33. The molecule has 2 aromatic carbocycles. The monoisotopic (exact) mass is 380 g/mol. The number of para-hydroxylation sites is 2. The summed E-state index contributed by atoms with van der Waals surface area (Å²) in [6.45, 7) is 1.77. The topological polar surface area (TPSA) is 106 Å². The zero-order valence-corrected chi connectivity index (χ0v) is 15.5. The Morgan fingerprint density at radius 1 is 1.26 bits per heavy atom. The van der Waals surface area contributed by atoms with Gasteiger partial charge in [0.05, 0.1) is 24.0 Å². The van der Waals surface area contributed by atoms with Gasteiger partial charge in [-0.1, -0.05) is 23.9 Å². The fourth-order valence-electron chi connectivity index (χ4n) is 2.29. The number of carbonyl (C=O) groups excluding carboxylic acids is 1. The maximum atomic E-state index is 12.5. The summed E-state index contributed by atoms with van der Waals surface area (Å²) in [5.74, 6) is 0.431. The van der Waals surface area contributed by atoms with E-state index >= 15 is 0 Å². The molecule has 1 atom stereocenters. The molecular formula is C18H16N6O2S. The van der Waals surface area contributed by atoms with Crippen LogP contribution in [0.25, 0.3) is 5.69 Å². The fourth-order valence-corrected chi connectivity index (χ4v) is 3.09. The van der Waals surface area contributed by atoms with E-state index in [-0.39, 0.29) is 5.91 Å². The van der Waals surface area contributed by atoms with Crippen molar-refractivity contribution in [2.75, 3.05) is 12.4 Å². The molecule has 0 spiro atoms. The van der Waals surface area contributed by atoms with Crippen molar-refractivity contribution >= 4 is 23.4 Å². The van der Waals surface area contributed by atoms with E-state index in [1.165, 1.54) is 16.4 Å². The summed E-state index contributed by atoms with van der Waals surface area (Å²) in [5, 5.41) is 23.4. The van der Waals surface area contributed by atoms with Crippen LogP contribution >= 0.6 is 11.8 Å². The van der Waals surface area contributed by atoms with Crippen LogP contribution in [0, 0.1) is 11.3 Å². The molecule has 0 bridgehead atoms. The van der Waals surface area contributed by atoms with Crippen LogP contribution < -0.4 is 10.1 Å². The normalized spacial score (nSPS) is 11.4. The lowest BCUT2D eigenvalue weighted by molar-refractivity contribution is -0.115. The average Bonchev–Trinajstić information content (AvgIpc) is 3.16. The highest BCUT2D eigenvalue weighted by atomic mass is 32.2. The van der Waals surface area contributed by atoms with Gasteiger partial charge in [-0.25, -0.2) is 0 Å². The number of anilines is 1. The molecule has 0 aliphatic rings. The first-order valence-electron chi connectivity index (χ1n) is 8.02. The van der Waals surface area contributed by atoms with Gasteiger partial charge in [0.25, 0.3) is 0 Å². The molecule has 9 heteroatoms. The predicted octanol–water partition coefficient (Wildman–Crippen LogP) is 2.66. The Bertz CT molecular complexity index is 980. The Morgan fingerprint density at radius 2 is 2.00 bits per heavy atom. The van der Waals surface area contributed by atoms with Gasteiger partial charge >= 0.3 is 0 Å². The number of benzene rings is 2. The lowest BCUT2D eigenvalue weighted by atomic mass is 10.2. The number of thioether (sulfide) groups is 1. The number of hydrogen-bond donors (Lipinski definition) is 1. The minimum Gasteiger partial charge on any atom is -0.494 e. The van der Waals surface area contributed by atoms with Crippen molar-refractivity contribution in [3.05, 3.63) is 54.1 Å². The number of aromatic nitrogens is 4. The number of nitrogens with zero attached hydrogens (tertiary/aromatic N) is 5. The lowest BCUT2D eigenvalue weighted by Crippen LogP contribution is -2.23. The Labute approximate surface area is 160 Å². The summed E-state index contributed by atoms with van der Waals surface area (Å²) in [4.78, 5) is 12.5. The second-order valence-electron chi connectivity index (χ2n) is 5.48. The highest BCUT2D eigenvalue weighted by Gasteiger charge is 2.20. The van der Waals surface area contributed by atoms with Gasteiger partial charge in [0.1, 0.15) is 11.4 Å². The van der Waals surface area contributed by atoms with Crippen molar-refractivity contribution in [1.82, 2.24) is 20.2 Å². The molecule has 0 saturated heterocycles. The third kappa shape index (κ3) is 4.24. The van der Waals surface area contributed by atoms with Crippen molar-refractivity contribution in [2.24, 2.45) is 0 Å². The van der Waals surface area contributed by atoms with Crippen LogP contribution in [0.3, 0.4) is 0 Å². The van der Waals surface area contributed by atoms with Crippen LogP contribution in [0.4, 0.5) is 5.69 Å². The van der Waals surface area contributed by atoms with E-state index in [2.05, 4.69) is 20.8 Å². The van der Waals surface area contributed by atoms with Crippen LogP contribution in [0.5, 0.6) is 5.75 Å². The second-order valence-corrected chi connectivity index (χ2v) is 6.79. The molecule has 3 aromatic rings. The number of hydrogen-bond acceptors (Lipinski definition) is 7. The number of rotatable bonds is 6. The number of carbonyl (C=O) groups is 1. The molecule has 0 saturated carbocycles. The molecule has 1 aromatic heterocycles. The summed E-state index contributed by atoms with van der Waals surface area (Å²) >= 11 is 1.23. The minimum atomic E-state index is -0.444. The van der Waals surface area contributed by atoms with Crippen molar-refractivity contribution < 1.29 is 9.53 Å². The van der Waals surface area contributed by atoms with Gasteiger partial charge in [0, 0.05) is 5.69 Å². The quantitative estimate of drug-likeness (QED) is 0.655. The summed E-state index contributed by atoms with van der Waals surface area (Å²) < 4.78 is 6.88. The summed E-state index contributed by atoms with van der Waals surface area (Å²) in [7, 11) is 1.57. The standard InChI is InChI=1S/C18H16N6O2S/c1-12(17(25)20-14-9-7-13(11-19)8-10-14)27-18-21-22-23-24(18)15-5-3-4-6-16(15)26-2/h3-10,12H,1-2H3,(H,20,25). The number of ether oxygens (including phenoxy) is 1. The van der Waals surface area contributed by atoms with Crippen LogP contribution in [0.1, 0.15) is 12.5 Å². The van der Waals surface area contributed by atoms with Gasteiger partial charge in [-0.05, 0) is 53.7 Å². The third-order valence-corrected chi connectivity index (χ3v) is 4.72.